The molecule has 0 aromatic heterocycles. The molecule has 0 bridgehead atoms. The van der Waals surface area contributed by atoms with Crippen molar-refractivity contribution < 1.29 is 9.50 Å². The van der Waals surface area contributed by atoms with Crippen molar-refractivity contribution in [3.8, 4) is 0 Å². The zero-order valence-corrected chi connectivity index (χ0v) is 7.42. The second-order valence-electron chi connectivity index (χ2n) is 3.17. The third kappa shape index (κ3) is 2.48. The number of hydrogen-bond acceptors (Lipinski definition) is 3. The molecule has 0 aliphatic carbocycles. The molecule has 0 spiro atoms. The maximum absolute atomic E-state index is 12.8. The number of rotatable bonds is 3. The second kappa shape index (κ2) is 3.83. The quantitative estimate of drug-likeness (QED) is 0.473. The summed E-state index contributed by atoms with van der Waals surface area (Å²) in [6, 6.07) is 5.82. The lowest BCUT2D eigenvalue weighted by Crippen LogP contribution is -2.38. The van der Waals surface area contributed by atoms with Gasteiger partial charge in [-0.25, -0.2) is 4.39 Å². The van der Waals surface area contributed by atoms with E-state index in [4.69, 9.17) is 5.84 Å². The predicted octanol–water partition coefficient (Wildman–Crippen LogP) is 0.497. The van der Waals surface area contributed by atoms with Gasteiger partial charge >= 0.3 is 0 Å². The van der Waals surface area contributed by atoms with Gasteiger partial charge in [0.25, 0.3) is 0 Å². The molecule has 4 heteroatoms. The molecule has 13 heavy (non-hydrogen) atoms. The Morgan fingerprint density at radius 2 is 2.31 bits per heavy atom. The van der Waals surface area contributed by atoms with Gasteiger partial charge in [-0.1, -0.05) is 12.1 Å². The Bertz CT molecular complexity index is 289. The lowest BCUT2D eigenvalue weighted by atomic mass is 9.96. The highest BCUT2D eigenvalue weighted by Gasteiger charge is 2.22. The van der Waals surface area contributed by atoms with E-state index < -0.39 is 5.60 Å². The number of hydrogen-bond donors (Lipinski definition) is 3. The van der Waals surface area contributed by atoms with E-state index >= 15 is 0 Å². The number of nitrogens with two attached hydrogens (primary N) is 1. The summed E-state index contributed by atoms with van der Waals surface area (Å²) in [5, 5.41) is 9.80. The number of hydrazine groups is 1. The molecule has 1 rings (SSSR count). The maximum Gasteiger partial charge on any atom is 0.123 e. The predicted molar refractivity (Wildman–Crippen MR) is 48.2 cm³/mol. The number of aliphatic hydroxyl groups is 1. The molecule has 1 aromatic carbocycles. The summed E-state index contributed by atoms with van der Waals surface area (Å²) < 4.78 is 12.8. The molecule has 0 aliphatic heterocycles. The highest BCUT2D eigenvalue weighted by atomic mass is 19.1. The van der Waals surface area contributed by atoms with Gasteiger partial charge in [-0.2, -0.15) is 0 Å². The van der Waals surface area contributed by atoms with E-state index in [1.807, 2.05) is 0 Å². The van der Waals surface area contributed by atoms with Crippen molar-refractivity contribution in [2.75, 3.05) is 6.54 Å². The van der Waals surface area contributed by atoms with Crippen LogP contribution in [0.15, 0.2) is 24.3 Å². The van der Waals surface area contributed by atoms with Gasteiger partial charge < -0.3 is 5.11 Å². The first-order valence-electron chi connectivity index (χ1n) is 3.98. The SMILES string of the molecule is CC(O)(CNN)c1cccc(F)c1. The molecule has 0 saturated heterocycles. The van der Waals surface area contributed by atoms with Crippen molar-refractivity contribution in [1.82, 2.24) is 5.43 Å². The van der Waals surface area contributed by atoms with Gasteiger partial charge in [0.05, 0.1) is 0 Å². The lowest BCUT2D eigenvalue weighted by Gasteiger charge is -2.23. The van der Waals surface area contributed by atoms with Crippen molar-refractivity contribution in [3.63, 3.8) is 0 Å². The molecule has 0 radical (unpaired) electrons. The van der Waals surface area contributed by atoms with Crippen LogP contribution in [0.5, 0.6) is 0 Å². The fraction of sp³-hybridized carbons (Fsp3) is 0.333. The summed E-state index contributed by atoms with van der Waals surface area (Å²) >= 11 is 0. The minimum absolute atomic E-state index is 0.177. The van der Waals surface area contributed by atoms with E-state index in [0.29, 0.717) is 5.56 Å². The largest absolute Gasteiger partial charge is 0.384 e. The highest BCUT2D eigenvalue weighted by molar-refractivity contribution is 5.22. The van der Waals surface area contributed by atoms with Crippen LogP contribution in [0.1, 0.15) is 12.5 Å². The van der Waals surface area contributed by atoms with Crippen LogP contribution in [0.3, 0.4) is 0 Å². The third-order valence-electron chi connectivity index (χ3n) is 1.89. The van der Waals surface area contributed by atoms with Crippen LogP contribution in [0, 0.1) is 5.82 Å². The minimum atomic E-state index is -1.14. The van der Waals surface area contributed by atoms with Gasteiger partial charge in [0, 0.05) is 6.54 Å². The van der Waals surface area contributed by atoms with Crippen LogP contribution >= 0.6 is 0 Å². The summed E-state index contributed by atoms with van der Waals surface area (Å²) in [6.07, 6.45) is 0. The van der Waals surface area contributed by atoms with E-state index in [-0.39, 0.29) is 12.4 Å². The normalized spacial score (nSPS) is 15.4. The molecular formula is C9H13FN2O. The first-order valence-corrected chi connectivity index (χ1v) is 3.98. The smallest absolute Gasteiger partial charge is 0.123 e. The second-order valence-corrected chi connectivity index (χ2v) is 3.17. The Hall–Kier alpha value is -0.970. The standard InChI is InChI=1S/C9H13FN2O/c1-9(13,6-12-11)7-3-2-4-8(10)5-7/h2-5,12-13H,6,11H2,1H3. The highest BCUT2D eigenvalue weighted by Crippen LogP contribution is 2.19. The Balaban J connectivity index is 2.93. The van der Waals surface area contributed by atoms with Crippen molar-refractivity contribution in [1.29, 1.82) is 0 Å². The summed E-state index contributed by atoms with van der Waals surface area (Å²) in [5.74, 6) is 4.72. The van der Waals surface area contributed by atoms with Crippen molar-refractivity contribution in [2.45, 2.75) is 12.5 Å². The monoisotopic (exact) mass is 184 g/mol. The molecule has 0 fully saturated rings. The fourth-order valence-electron chi connectivity index (χ4n) is 1.12. The van der Waals surface area contributed by atoms with Crippen LogP contribution in [-0.2, 0) is 5.60 Å². The average molecular weight is 184 g/mol. The lowest BCUT2D eigenvalue weighted by molar-refractivity contribution is 0.0569. The Morgan fingerprint density at radius 3 is 2.85 bits per heavy atom. The van der Waals surface area contributed by atoms with Gasteiger partial charge in [0.1, 0.15) is 11.4 Å². The minimum Gasteiger partial charge on any atom is -0.384 e. The fourth-order valence-corrected chi connectivity index (χ4v) is 1.12. The summed E-state index contributed by atoms with van der Waals surface area (Å²) in [6.45, 7) is 1.75. The van der Waals surface area contributed by atoms with Gasteiger partial charge in [0.2, 0.25) is 0 Å². The Morgan fingerprint density at radius 1 is 1.62 bits per heavy atom. The first kappa shape index (κ1) is 10.1. The third-order valence-corrected chi connectivity index (χ3v) is 1.89. The average Bonchev–Trinajstić information content (AvgIpc) is 2.04. The molecule has 0 saturated carbocycles. The molecular weight excluding hydrogens is 171 g/mol. The summed E-state index contributed by atoms with van der Waals surface area (Å²) in [4.78, 5) is 0. The zero-order chi connectivity index (χ0) is 9.90. The van der Waals surface area contributed by atoms with Crippen LogP contribution in [0.2, 0.25) is 0 Å². The number of halogens is 1. The first-order chi connectivity index (χ1) is 6.06. The van der Waals surface area contributed by atoms with Gasteiger partial charge in [-0.3, -0.25) is 11.3 Å². The number of nitrogens with one attached hydrogen (secondary N) is 1. The molecule has 0 amide bonds. The van der Waals surface area contributed by atoms with Crippen LogP contribution in [-0.4, -0.2) is 11.7 Å². The van der Waals surface area contributed by atoms with Gasteiger partial charge in [0.15, 0.2) is 0 Å². The van der Waals surface area contributed by atoms with Crippen molar-refractivity contribution >= 4 is 0 Å². The summed E-state index contributed by atoms with van der Waals surface area (Å²) in [5.41, 5.74) is 1.72. The summed E-state index contributed by atoms with van der Waals surface area (Å²) in [7, 11) is 0. The molecule has 0 aliphatic rings. The van der Waals surface area contributed by atoms with Crippen LogP contribution < -0.4 is 11.3 Å². The van der Waals surface area contributed by atoms with Crippen molar-refractivity contribution in [3.05, 3.63) is 35.6 Å². The van der Waals surface area contributed by atoms with E-state index in [9.17, 15) is 9.50 Å². The van der Waals surface area contributed by atoms with E-state index in [0.717, 1.165) is 0 Å². The van der Waals surface area contributed by atoms with E-state index in [1.165, 1.54) is 12.1 Å². The van der Waals surface area contributed by atoms with E-state index in [2.05, 4.69) is 5.43 Å². The van der Waals surface area contributed by atoms with Crippen molar-refractivity contribution in [2.24, 2.45) is 5.84 Å². The molecule has 1 atom stereocenters. The maximum atomic E-state index is 12.8. The Labute approximate surface area is 76.3 Å². The molecule has 1 unspecified atom stereocenters. The van der Waals surface area contributed by atoms with E-state index in [1.54, 1.807) is 19.1 Å². The Kier molecular flexibility index (Phi) is 2.98. The topological polar surface area (TPSA) is 58.3 Å². The van der Waals surface area contributed by atoms with Crippen LogP contribution in [0.25, 0.3) is 0 Å². The molecule has 72 valence electrons. The van der Waals surface area contributed by atoms with Gasteiger partial charge in [-0.15, -0.1) is 0 Å². The number of benzene rings is 1. The molecule has 3 nitrogen and oxygen atoms in total. The molecule has 0 heterocycles. The zero-order valence-electron chi connectivity index (χ0n) is 7.42. The van der Waals surface area contributed by atoms with Crippen LogP contribution in [0.4, 0.5) is 4.39 Å². The van der Waals surface area contributed by atoms with Gasteiger partial charge in [-0.05, 0) is 24.6 Å². The molecule has 1 aromatic rings. The molecule has 4 N–H and O–H groups in total.